The summed E-state index contributed by atoms with van der Waals surface area (Å²) in [7, 11) is 2.01. The van der Waals surface area contributed by atoms with E-state index in [4.69, 9.17) is 9.72 Å². The lowest BCUT2D eigenvalue weighted by atomic mass is 10.0. The molecule has 0 spiro atoms. The third-order valence-corrected chi connectivity index (χ3v) is 5.58. The van der Waals surface area contributed by atoms with E-state index in [1.54, 1.807) is 0 Å². The SMILES string of the molecule is CCC(C)c1nc(N2CC3CCC(C2)O3)sc1CNC. The van der Waals surface area contributed by atoms with Crippen LogP contribution in [0.3, 0.4) is 0 Å². The number of anilines is 1. The normalized spacial score (nSPS) is 27.1. The van der Waals surface area contributed by atoms with Crippen LogP contribution < -0.4 is 10.2 Å². The molecule has 0 aliphatic carbocycles. The van der Waals surface area contributed by atoms with E-state index >= 15 is 0 Å². The fourth-order valence-corrected chi connectivity index (χ4v) is 4.33. The third kappa shape index (κ3) is 2.71. The molecule has 1 N–H and O–H groups in total. The number of nitrogens with zero attached hydrogens (tertiary/aromatic N) is 2. The van der Waals surface area contributed by atoms with Gasteiger partial charge in [-0.05, 0) is 32.2 Å². The molecular formula is C15H25N3OS. The number of hydrogen-bond donors (Lipinski definition) is 1. The second kappa shape index (κ2) is 6.00. The number of aromatic nitrogens is 1. The molecule has 3 rings (SSSR count). The van der Waals surface area contributed by atoms with Crippen LogP contribution in [0.1, 0.15) is 49.6 Å². The van der Waals surface area contributed by atoms with Crippen molar-refractivity contribution in [3.63, 3.8) is 0 Å². The molecule has 1 aromatic rings. The zero-order valence-corrected chi connectivity index (χ0v) is 13.5. The van der Waals surface area contributed by atoms with Gasteiger partial charge in [-0.3, -0.25) is 0 Å². The van der Waals surface area contributed by atoms with E-state index in [2.05, 4.69) is 24.1 Å². The molecule has 2 saturated heterocycles. The fourth-order valence-electron chi connectivity index (χ4n) is 3.12. The first-order chi connectivity index (χ1) is 9.71. The molecule has 0 saturated carbocycles. The summed E-state index contributed by atoms with van der Waals surface area (Å²) < 4.78 is 5.92. The van der Waals surface area contributed by atoms with Gasteiger partial charge in [-0.25, -0.2) is 4.98 Å². The number of fused-ring (bicyclic) bond motifs is 2. The maximum absolute atomic E-state index is 5.92. The summed E-state index contributed by atoms with van der Waals surface area (Å²) in [5.41, 5.74) is 1.29. The summed E-state index contributed by atoms with van der Waals surface area (Å²) in [4.78, 5) is 8.81. The molecule has 3 unspecified atom stereocenters. The van der Waals surface area contributed by atoms with Gasteiger partial charge < -0.3 is 15.0 Å². The Labute approximate surface area is 125 Å². The molecule has 0 aromatic carbocycles. The lowest BCUT2D eigenvalue weighted by Crippen LogP contribution is -2.42. The highest BCUT2D eigenvalue weighted by molar-refractivity contribution is 7.15. The van der Waals surface area contributed by atoms with Gasteiger partial charge in [-0.1, -0.05) is 13.8 Å². The van der Waals surface area contributed by atoms with Crippen molar-refractivity contribution in [3.8, 4) is 0 Å². The Balaban J connectivity index is 1.82. The lowest BCUT2D eigenvalue weighted by Gasteiger charge is -2.31. The predicted octanol–water partition coefficient (Wildman–Crippen LogP) is 2.74. The largest absolute Gasteiger partial charge is 0.371 e. The van der Waals surface area contributed by atoms with Gasteiger partial charge in [0.2, 0.25) is 0 Å². The van der Waals surface area contributed by atoms with Crippen LogP contribution >= 0.6 is 11.3 Å². The Hall–Kier alpha value is -0.650. The number of thiazole rings is 1. The smallest absolute Gasteiger partial charge is 0.186 e. The van der Waals surface area contributed by atoms with Gasteiger partial charge in [0.05, 0.1) is 17.9 Å². The van der Waals surface area contributed by atoms with E-state index in [1.165, 1.54) is 28.5 Å². The first-order valence-corrected chi connectivity index (χ1v) is 8.57. The Bertz CT molecular complexity index is 450. The molecule has 112 valence electrons. The van der Waals surface area contributed by atoms with Gasteiger partial charge in [0.15, 0.2) is 5.13 Å². The Kier molecular flexibility index (Phi) is 4.29. The van der Waals surface area contributed by atoms with Crippen molar-refractivity contribution in [2.24, 2.45) is 0 Å². The molecule has 1 aromatic heterocycles. The van der Waals surface area contributed by atoms with E-state index in [-0.39, 0.29) is 0 Å². The first kappa shape index (κ1) is 14.3. The molecule has 0 radical (unpaired) electrons. The summed E-state index contributed by atoms with van der Waals surface area (Å²) in [6, 6.07) is 0. The van der Waals surface area contributed by atoms with Crippen molar-refractivity contribution in [2.45, 2.75) is 57.8 Å². The van der Waals surface area contributed by atoms with Crippen LogP contribution in [0, 0.1) is 0 Å². The van der Waals surface area contributed by atoms with Gasteiger partial charge in [-0.2, -0.15) is 0 Å². The highest BCUT2D eigenvalue weighted by atomic mass is 32.1. The van der Waals surface area contributed by atoms with E-state index in [0.29, 0.717) is 18.1 Å². The standard InChI is InChI=1S/C15H25N3OS/c1-4-10(2)14-13(7-16-3)20-15(17-14)18-8-11-5-6-12(9-18)19-11/h10-12,16H,4-9H2,1-3H3. The summed E-state index contributed by atoms with van der Waals surface area (Å²) in [6.07, 6.45) is 4.44. The topological polar surface area (TPSA) is 37.4 Å². The van der Waals surface area contributed by atoms with Crippen molar-refractivity contribution in [2.75, 3.05) is 25.0 Å². The minimum absolute atomic E-state index is 0.428. The Morgan fingerprint density at radius 1 is 1.40 bits per heavy atom. The van der Waals surface area contributed by atoms with E-state index in [0.717, 1.165) is 26.1 Å². The van der Waals surface area contributed by atoms with Crippen LogP contribution in [0.15, 0.2) is 0 Å². The van der Waals surface area contributed by atoms with E-state index in [9.17, 15) is 0 Å². The third-order valence-electron chi connectivity index (χ3n) is 4.45. The second-order valence-corrected chi connectivity index (χ2v) is 7.07. The summed E-state index contributed by atoms with van der Waals surface area (Å²) in [6.45, 7) is 7.48. The molecule has 20 heavy (non-hydrogen) atoms. The number of nitrogens with one attached hydrogen (secondary N) is 1. The van der Waals surface area contributed by atoms with E-state index < -0.39 is 0 Å². The maximum Gasteiger partial charge on any atom is 0.186 e. The molecular weight excluding hydrogens is 270 g/mol. The van der Waals surface area contributed by atoms with Crippen molar-refractivity contribution in [1.82, 2.24) is 10.3 Å². The van der Waals surface area contributed by atoms with Crippen LogP contribution in [0.4, 0.5) is 5.13 Å². The molecule has 3 heterocycles. The molecule has 2 aliphatic rings. The van der Waals surface area contributed by atoms with Crippen LogP contribution in [0.5, 0.6) is 0 Å². The Morgan fingerprint density at radius 2 is 2.10 bits per heavy atom. The molecule has 4 nitrogen and oxygen atoms in total. The quantitative estimate of drug-likeness (QED) is 0.906. The maximum atomic E-state index is 5.92. The van der Waals surface area contributed by atoms with Crippen molar-refractivity contribution >= 4 is 16.5 Å². The van der Waals surface area contributed by atoms with Crippen LogP contribution in [-0.4, -0.2) is 37.3 Å². The summed E-state index contributed by atoms with van der Waals surface area (Å²) in [5.74, 6) is 0.543. The van der Waals surface area contributed by atoms with Gasteiger partial charge in [-0.15, -0.1) is 11.3 Å². The average Bonchev–Trinajstić information content (AvgIpc) is 3.02. The zero-order chi connectivity index (χ0) is 14.1. The number of rotatable bonds is 5. The van der Waals surface area contributed by atoms with Crippen molar-refractivity contribution < 1.29 is 4.74 Å². The van der Waals surface area contributed by atoms with Crippen LogP contribution in [0.2, 0.25) is 0 Å². The second-order valence-electron chi connectivity index (χ2n) is 6.01. The van der Waals surface area contributed by atoms with Gasteiger partial charge in [0.1, 0.15) is 0 Å². The number of morpholine rings is 1. The minimum Gasteiger partial charge on any atom is -0.371 e. The summed E-state index contributed by atoms with van der Waals surface area (Å²) in [5, 5.41) is 4.48. The monoisotopic (exact) mass is 295 g/mol. The van der Waals surface area contributed by atoms with Crippen molar-refractivity contribution in [3.05, 3.63) is 10.6 Å². The van der Waals surface area contributed by atoms with Gasteiger partial charge >= 0.3 is 0 Å². The molecule has 0 amide bonds. The Morgan fingerprint density at radius 3 is 2.70 bits per heavy atom. The minimum atomic E-state index is 0.428. The lowest BCUT2D eigenvalue weighted by molar-refractivity contribution is 0.0305. The van der Waals surface area contributed by atoms with Crippen LogP contribution in [0.25, 0.3) is 0 Å². The molecule has 2 aliphatic heterocycles. The average molecular weight is 295 g/mol. The number of ether oxygens (including phenoxy) is 1. The molecule has 3 atom stereocenters. The van der Waals surface area contributed by atoms with Crippen LogP contribution in [-0.2, 0) is 11.3 Å². The fraction of sp³-hybridized carbons (Fsp3) is 0.800. The van der Waals surface area contributed by atoms with Gasteiger partial charge in [0.25, 0.3) is 0 Å². The summed E-state index contributed by atoms with van der Waals surface area (Å²) >= 11 is 1.86. The van der Waals surface area contributed by atoms with E-state index in [1.807, 2.05) is 18.4 Å². The predicted molar refractivity (Wildman–Crippen MR) is 83.7 cm³/mol. The molecule has 2 bridgehead atoms. The highest BCUT2D eigenvalue weighted by Crippen LogP contribution is 2.35. The zero-order valence-electron chi connectivity index (χ0n) is 12.7. The number of hydrogen-bond acceptors (Lipinski definition) is 5. The highest BCUT2D eigenvalue weighted by Gasteiger charge is 2.35. The first-order valence-electron chi connectivity index (χ1n) is 7.75. The van der Waals surface area contributed by atoms with Crippen molar-refractivity contribution in [1.29, 1.82) is 0 Å². The molecule has 2 fully saturated rings. The van der Waals surface area contributed by atoms with Gasteiger partial charge in [0, 0.05) is 24.5 Å². The molecule has 5 heteroatoms.